The summed E-state index contributed by atoms with van der Waals surface area (Å²) in [5.74, 6) is 0.695. The Labute approximate surface area is 83.6 Å². The fourth-order valence-electron chi connectivity index (χ4n) is 3.05. The number of ether oxygens (including phenoxy) is 1. The molecule has 0 aliphatic carbocycles. The second kappa shape index (κ2) is 2.94. The van der Waals surface area contributed by atoms with Crippen molar-refractivity contribution in [2.45, 2.75) is 18.4 Å². The molecule has 4 nitrogen and oxygen atoms in total. The first-order valence-corrected chi connectivity index (χ1v) is 5.41. The maximum atomic E-state index is 11.0. The van der Waals surface area contributed by atoms with E-state index < -0.39 is 0 Å². The van der Waals surface area contributed by atoms with Crippen LogP contribution >= 0.6 is 0 Å². The van der Waals surface area contributed by atoms with Gasteiger partial charge in [-0.1, -0.05) is 0 Å². The number of rotatable bonds is 0. The van der Waals surface area contributed by atoms with Crippen molar-refractivity contribution < 1.29 is 9.53 Å². The molecule has 0 saturated carbocycles. The first-order chi connectivity index (χ1) is 6.78. The summed E-state index contributed by atoms with van der Waals surface area (Å²) in [4.78, 5) is 13.5. The van der Waals surface area contributed by atoms with Crippen molar-refractivity contribution in [1.29, 1.82) is 0 Å². The van der Waals surface area contributed by atoms with Crippen molar-refractivity contribution in [3.63, 3.8) is 0 Å². The number of fused-ring (bicyclic) bond motifs is 2. The molecule has 4 heteroatoms. The van der Waals surface area contributed by atoms with Gasteiger partial charge in [-0.3, -0.25) is 4.79 Å². The van der Waals surface area contributed by atoms with E-state index in [0.717, 1.165) is 6.54 Å². The van der Waals surface area contributed by atoms with Crippen LogP contribution in [0.15, 0.2) is 0 Å². The number of carbonyl (C=O) groups is 1. The van der Waals surface area contributed by atoms with Crippen LogP contribution in [0.3, 0.4) is 0 Å². The highest BCUT2D eigenvalue weighted by atomic mass is 16.5. The third kappa shape index (κ3) is 1.17. The molecule has 4 rings (SSSR count). The minimum absolute atomic E-state index is 0.0343. The lowest BCUT2D eigenvalue weighted by Crippen LogP contribution is -2.67. The summed E-state index contributed by atoms with van der Waals surface area (Å²) >= 11 is 0. The van der Waals surface area contributed by atoms with Crippen LogP contribution in [0.1, 0.15) is 12.8 Å². The number of nitrogens with one attached hydrogen (secondary N) is 1. The van der Waals surface area contributed by atoms with Crippen LogP contribution in [0.2, 0.25) is 0 Å². The Bertz CT molecular complexity index is 249. The second-order valence-corrected chi connectivity index (χ2v) is 4.68. The third-order valence-corrected chi connectivity index (χ3v) is 3.90. The van der Waals surface area contributed by atoms with E-state index in [1.54, 1.807) is 0 Å². The molecule has 2 bridgehead atoms. The molecule has 1 amide bonds. The standard InChI is InChI=1S/C10H16N2O2/c13-9-5-14-10(6-11-9)7-12-3-1-8(10)2-4-12/h8H,1-7H2,(H,11,13)/t10-/m0/s1. The Balaban J connectivity index is 1.79. The summed E-state index contributed by atoms with van der Waals surface area (Å²) in [5, 5.41) is 2.94. The van der Waals surface area contributed by atoms with Crippen LogP contribution in [0.4, 0.5) is 0 Å². The quantitative estimate of drug-likeness (QED) is 0.573. The van der Waals surface area contributed by atoms with Crippen LogP contribution in [-0.4, -0.2) is 49.2 Å². The van der Waals surface area contributed by atoms with Crippen LogP contribution in [0.5, 0.6) is 0 Å². The number of carbonyl (C=O) groups excluding carboxylic acids is 1. The van der Waals surface area contributed by atoms with Crippen molar-refractivity contribution >= 4 is 5.91 Å². The number of amides is 1. The maximum Gasteiger partial charge on any atom is 0.246 e. The molecule has 1 spiro atoms. The number of hydrogen-bond acceptors (Lipinski definition) is 3. The summed E-state index contributed by atoms with van der Waals surface area (Å²) in [6.45, 7) is 4.41. The van der Waals surface area contributed by atoms with Crippen LogP contribution in [0.25, 0.3) is 0 Å². The second-order valence-electron chi connectivity index (χ2n) is 4.68. The lowest BCUT2D eigenvalue weighted by Gasteiger charge is -2.54. The highest BCUT2D eigenvalue weighted by molar-refractivity contribution is 5.78. The fraction of sp³-hybridized carbons (Fsp3) is 0.900. The topological polar surface area (TPSA) is 41.6 Å². The highest BCUT2D eigenvalue weighted by Crippen LogP contribution is 2.38. The van der Waals surface area contributed by atoms with E-state index in [1.165, 1.54) is 25.9 Å². The lowest BCUT2D eigenvalue weighted by molar-refractivity contribution is -0.177. The molecule has 0 radical (unpaired) electrons. The molecule has 4 heterocycles. The monoisotopic (exact) mass is 196 g/mol. The van der Waals surface area contributed by atoms with Gasteiger partial charge < -0.3 is 15.0 Å². The zero-order valence-corrected chi connectivity index (χ0v) is 8.29. The molecule has 1 N–H and O–H groups in total. The zero-order valence-electron chi connectivity index (χ0n) is 8.29. The van der Waals surface area contributed by atoms with Crippen LogP contribution in [0, 0.1) is 5.92 Å². The lowest BCUT2D eigenvalue weighted by atomic mass is 9.74. The first kappa shape index (κ1) is 8.68. The van der Waals surface area contributed by atoms with E-state index in [9.17, 15) is 4.79 Å². The SMILES string of the molecule is O=C1CO[C@@]2(CN1)CN1CCC2CC1. The molecular weight excluding hydrogens is 180 g/mol. The number of hydrogen-bond donors (Lipinski definition) is 1. The molecule has 4 saturated heterocycles. The van der Waals surface area contributed by atoms with Gasteiger partial charge in [0.25, 0.3) is 0 Å². The Morgan fingerprint density at radius 3 is 2.71 bits per heavy atom. The third-order valence-electron chi connectivity index (χ3n) is 3.90. The molecule has 4 aliphatic heterocycles. The van der Waals surface area contributed by atoms with Gasteiger partial charge in [0.05, 0.1) is 0 Å². The van der Waals surface area contributed by atoms with E-state index in [0.29, 0.717) is 12.5 Å². The van der Waals surface area contributed by atoms with Crippen LogP contribution < -0.4 is 5.32 Å². The minimum atomic E-state index is -0.0512. The van der Waals surface area contributed by atoms with Gasteiger partial charge in [-0.25, -0.2) is 0 Å². The van der Waals surface area contributed by atoms with Gasteiger partial charge in [0.15, 0.2) is 0 Å². The molecule has 0 aromatic heterocycles. The number of morpholine rings is 1. The van der Waals surface area contributed by atoms with Crippen molar-refractivity contribution in [1.82, 2.24) is 10.2 Å². The summed E-state index contributed by atoms with van der Waals surface area (Å²) in [5.41, 5.74) is -0.0512. The molecule has 0 aromatic rings. The predicted octanol–water partition coefficient (Wildman–Crippen LogP) is -0.403. The minimum Gasteiger partial charge on any atom is -0.362 e. The molecule has 14 heavy (non-hydrogen) atoms. The highest BCUT2D eigenvalue weighted by Gasteiger charge is 2.49. The Morgan fingerprint density at radius 1 is 1.43 bits per heavy atom. The van der Waals surface area contributed by atoms with Gasteiger partial charge in [0, 0.05) is 13.1 Å². The van der Waals surface area contributed by atoms with Crippen molar-refractivity contribution in [2.24, 2.45) is 5.92 Å². The van der Waals surface area contributed by atoms with Crippen molar-refractivity contribution in [2.75, 3.05) is 32.8 Å². The van der Waals surface area contributed by atoms with E-state index in [-0.39, 0.29) is 18.1 Å². The van der Waals surface area contributed by atoms with E-state index in [1.807, 2.05) is 0 Å². The molecule has 4 fully saturated rings. The number of piperidine rings is 3. The molecule has 78 valence electrons. The fourth-order valence-corrected chi connectivity index (χ4v) is 3.05. The molecule has 1 atom stereocenters. The summed E-state index contributed by atoms with van der Waals surface area (Å²) in [6, 6.07) is 0. The van der Waals surface area contributed by atoms with Gasteiger partial charge >= 0.3 is 0 Å². The Kier molecular flexibility index (Phi) is 1.82. The molecular formula is C10H16N2O2. The Hall–Kier alpha value is -0.610. The number of nitrogens with zero attached hydrogens (tertiary/aromatic N) is 1. The van der Waals surface area contributed by atoms with E-state index >= 15 is 0 Å². The zero-order chi connectivity index (χ0) is 9.60. The summed E-state index contributed by atoms with van der Waals surface area (Å²) in [7, 11) is 0. The largest absolute Gasteiger partial charge is 0.362 e. The van der Waals surface area contributed by atoms with E-state index in [2.05, 4.69) is 10.2 Å². The van der Waals surface area contributed by atoms with Gasteiger partial charge in [0.1, 0.15) is 12.2 Å². The van der Waals surface area contributed by atoms with Gasteiger partial charge in [-0.15, -0.1) is 0 Å². The van der Waals surface area contributed by atoms with Gasteiger partial charge in [-0.2, -0.15) is 0 Å². The Morgan fingerprint density at radius 2 is 2.21 bits per heavy atom. The normalized spacial score (nSPS) is 46.7. The first-order valence-electron chi connectivity index (χ1n) is 5.41. The smallest absolute Gasteiger partial charge is 0.246 e. The molecule has 0 aromatic carbocycles. The van der Waals surface area contributed by atoms with Crippen LogP contribution in [-0.2, 0) is 9.53 Å². The van der Waals surface area contributed by atoms with Crippen molar-refractivity contribution in [3.8, 4) is 0 Å². The average molecular weight is 196 g/mol. The van der Waals surface area contributed by atoms with E-state index in [4.69, 9.17) is 4.74 Å². The van der Waals surface area contributed by atoms with Gasteiger partial charge in [0.2, 0.25) is 5.91 Å². The van der Waals surface area contributed by atoms with Crippen molar-refractivity contribution in [3.05, 3.63) is 0 Å². The molecule has 4 aliphatic rings. The summed E-state index contributed by atoms with van der Waals surface area (Å²) in [6.07, 6.45) is 2.46. The summed E-state index contributed by atoms with van der Waals surface area (Å²) < 4.78 is 5.80. The average Bonchev–Trinajstić information content (AvgIpc) is 2.25. The maximum absolute atomic E-state index is 11.0. The molecule has 0 unspecified atom stereocenters. The predicted molar refractivity (Wildman–Crippen MR) is 50.9 cm³/mol. The van der Waals surface area contributed by atoms with Gasteiger partial charge in [-0.05, 0) is 31.8 Å².